The van der Waals surface area contributed by atoms with E-state index in [4.69, 9.17) is 0 Å². The first-order chi connectivity index (χ1) is 6.72. The summed E-state index contributed by atoms with van der Waals surface area (Å²) in [5.74, 6) is -0.289. The van der Waals surface area contributed by atoms with Crippen LogP contribution in [0.1, 0.15) is 22.8 Å². The number of carbonyl (C=O) groups excluding carboxylic acids is 1. The summed E-state index contributed by atoms with van der Waals surface area (Å²) in [6, 6.07) is 5.51. The Hall–Kier alpha value is -1.51. The SMILES string of the molecule is CCc1cc(C(=O)OC)ccc1NC. The summed E-state index contributed by atoms with van der Waals surface area (Å²) in [7, 11) is 3.26. The lowest BCUT2D eigenvalue weighted by Crippen LogP contribution is -2.03. The number of hydrogen-bond acceptors (Lipinski definition) is 3. The smallest absolute Gasteiger partial charge is 0.337 e. The lowest BCUT2D eigenvalue weighted by Gasteiger charge is -2.08. The highest BCUT2D eigenvalue weighted by Gasteiger charge is 2.07. The van der Waals surface area contributed by atoms with Gasteiger partial charge in [-0.2, -0.15) is 0 Å². The number of ether oxygens (including phenoxy) is 1. The van der Waals surface area contributed by atoms with Crippen molar-refractivity contribution in [1.82, 2.24) is 0 Å². The number of hydrogen-bond donors (Lipinski definition) is 1. The van der Waals surface area contributed by atoms with Gasteiger partial charge in [0.25, 0.3) is 0 Å². The van der Waals surface area contributed by atoms with Crippen molar-refractivity contribution in [2.45, 2.75) is 13.3 Å². The average Bonchev–Trinajstić information content (AvgIpc) is 2.26. The van der Waals surface area contributed by atoms with E-state index >= 15 is 0 Å². The second-order valence-electron chi connectivity index (χ2n) is 2.97. The molecule has 0 saturated carbocycles. The zero-order chi connectivity index (χ0) is 10.6. The zero-order valence-electron chi connectivity index (χ0n) is 8.76. The predicted molar refractivity (Wildman–Crippen MR) is 56.7 cm³/mol. The molecular formula is C11H15NO2. The van der Waals surface area contributed by atoms with Crippen LogP contribution in [0.15, 0.2) is 18.2 Å². The van der Waals surface area contributed by atoms with Crippen molar-refractivity contribution in [3.8, 4) is 0 Å². The van der Waals surface area contributed by atoms with Gasteiger partial charge in [0.05, 0.1) is 12.7 Å². The first-order valence-corrected chi connectivity index (χ1v) is 4.62. The van der Waals surface area contributed by atoms with Gasteiger partial charge in [-0.25, -0.2) is 4.79 Å². The second kappa shape index (κ2) is 4.65. The topological polar surface area (TPSA) is 38.3 Å². The van der Waals surface area contributed by atoms with E-state index in [-0.39, 0.29) is 5.97 Å². The third-order valence-electron chi connectivity index (χ3n) is 2.18. The van der Waals surface area contributed by atoms with Gasteiger partial charge in [-0.3, -0.25) is 0 Å². The monoisotopic (exact) mass is 193 g/mol. The molecule has 1 aromatic carbocycles. The molecule has 0 bridgehead atoms. The minimum Gasteiger partial charge on any atom is -0.465 e. The number of esters is 1. The third-order valence-corrected chi connectivity index (χ3v) is 2.18. The minimum atomic E-state index is -0.289. The molecule has 0 aromatic heterocycles. The number of rotatable bonds is 3. The molecule has 0 heterocycles. The van der Waals surface area contributed by atoms with Crippen LogP contribution in [0.2, 0.25) is 0 Å². The normalized spacial score (nSPS) is 9.64. The summed E-state index contributed by atoms with van der Waals surface area (Å²) in [6.45, 7) is 2.05. The fourth-order valence-electron chi connectivity index (χ4n) is 1.37. The van der Waals surface area contributed by atoms with Crippen molar-refractivity contribution in [2.24, 2.45) is 0 Å². The molecule has 0 fully saturated rings. The Bertz CT molecular complexity index is 334. The molecule has 3 nitrogen and oxygen atoms in total. The summed E-state index contributed by atoms with van der Waals surface area (Å²) in [5, 5.41) is 3.08. The van der Waals surface area contributed by atoms with Crippen molar-refractivity contribution >= 4 is 11.7 Å². The van der Waals surface area contributed by atoms with E-state index in [1.807, 2.05) is 19.2 Å². The van der Waals surface area contributed by atoms with Gasteiger partial charge in [0.2, 0.25) is 0 Å². The Labute approximate surface area is 84.1 Å². The average molecular weight is 193 g/mol. The van der Waals surface area contributed by atoms with Crippen LogP contribution < -0.4 is 5.32 Å². The van der Waals surface area contributed by atoms with E-state index in [1.54, 1.807) is 6.07 Å². The zero-order valence-corrected chi connectivity index (χ0v) is 8.76. The maximum atomic E-state index is 11.2. The first kappa shape index (κ1) is 10.6. The van der Waals surface area contributed by atoms with Crippen LogP contribution in [-0.4, -0.2) is 20.1 Å². The van der Waals surface area contributed by atoms with Crippen LogP contribution in [0, 0.1) is 0 Å². The number of benzene rings is 1. The summed E-state index contributed by atoms with van der Waals surface area (Å²) < 4.78 is 4.65. The molecular weight excluding hydrogens is 178 g/mol. The van der Waals surface area contributed by atoms with Gasteiger partial charge in [-0.1, -0.05) is 6.92 Å². The molecule has 0 aliphatic heterocycles. The maximum absolute atomic E-state index is 11.2. The van der Waals surface area contributed by atoms with E-state index in [2.05, 4.69) is 17.0 Å². The number of anilines is 1. The number of aryl methyl sites for hydroxylation is 1. The van der Waals surface area contributed by atoms with E-state index in [9.17, 15) is 4.79 Å². The van der Waals surface area contributed by atoms with Crippen molar-refractivity contribution in [1.29, 1.82) is 0 Å². The van der Waals surface area contributed by atoms with Gasteiger partial charge in [0.1, 0.15) is 0 Å². The molecule has 0 spiro atoms. The van der Waals surface area contributed by atoms with Crippen LogP contribution in [0.4, 0.5) is 5.69 Å². The molecule has 0 radical (unpaired) electrons. The molecule has 0 amide bonds. The quantitative estimate of drug-likeness (QED) is 0.747. The van der Waals surface area contributed by atoms with Gasteiger partial charge in [-0.05, 0) is 30.2 Å². The lowest BCUT2D eigenvalue weighted by molar-refractivity contribution is 0.0600. The molecule has 76 valence electrons. The first-order valence-electron chi connectivity index (χ1n) is 4.62. The van der Waals surface area contributed by atoms with Crippen LogP contribution in [0.25, 0.3) is 0 Å². The summed E-state index contributed by atoms with van der Waals surface area (Å²) in [6.07, 6.45) is 0.890. The fraction of sp³-hybridized carbons (Fsp3) is 0.364. The van der Waals surface area contributed by atoms with E-state index < -0.39 is 0 Å². The molecule has 1 rings (SSSR count). The van der Waals surface area contributed by atoms with Crippen LogP contribution in [0.3, 0.4) is 0 Å². The molecule has 0 unspecified atom stereocenters. The van der Waals surface area contributed by atoms with Crippen LogP contribution in [0.5, 0.6) is 0 Å². The van der Waals surface area contributed by atoms with E-state index in [0.717, 1.165) is 17.7 Å². The Balaban J connectivity index is 3.07. The Morgan fingerprint density at radius 2 is 2.21 bits per heavy atom. The van der Waals surface area contributed by atoms with E-state index in [0.29, 0.717) is 5.56 Å². The minimum absolute atomic E-state index is 0.289. The molecule has 14 heavy (non-hydrogen) atoms. The highest BCUT2D eigenvalue weighted by molar-refractivity contribution is 5.90. The van der Waals surface area contributed by atoms with Gasteiger partial charge in [0.15, 0.2) is 0 Å². The van der Waals surface area contributed by atoms with Crippen molar-refractivity contribution in [3.63, 3.8) is 0 Å². The summed E-state index contributed by atoms with van der Waals surface area (Å²) >= 11 is 0. The third kappa shape index (κ3) is 2.05. The van der Waals surface area contributed by atoms with Crippen molar-refractivity contribution < 1.29 is 9.53 Å². The molecule has 1 N–H and O–H groups in total. The van der Waals surface area contributed by atoms with Crippen LogP contribution >= 0.6 is 0 Å². The number of nitrogens with one attached hydrogen (secondary N) is 1. The fourth-order valence-corrected chi connectivity index (χ4v) is 1.37. The molecule has 0 aliphatic carbocycles. The molecule has 1 aromatic rings. The van der Waals surface area contributed by atoms with E-state index in [1.165, 1.54) is 7.11 Å². The summed E-state index contributed by atoms with van der Waals surface area (Å²) in [5.41, 5.74) is 2.78. The molecule has 0 aliphatic rings. The largest absolute Gasteiger partial charge is 0.465 e. The lowest BCUT2D eigenvalue weighted by atomic mass is 10.1. The van der Waals surface area contributed by atoms with Gasteiger partial charge < -0.3 is 10.1 Å². The highest BCUT2D eigenvalue weighted by atomic mass is 16.5. The maximum Gasteiger partial charge on any atom is 0.337 e. The Morgan fingerprint density at radius 1 is 1.50 bits per heavy atom. The van der Waals surface area contributed by atoms with Crippen molar-refractivity contribution in [2.75, 3.05) is 19.5 Å². The molecule has 0 saturated heterocycles. The second-order valence-corrected chi connectivity index (χ2v) is 2.97. The number of carbonyl (C=O) groups is 1. The standard InChI is InChI=1S/C11H15NO2/c1-4-8-7-9(11(13)14-3)5-6-10(8)12-2/h5-7,12H,4H2,1-3H3. The van der Waals surface area contributed by atoms with Gasteiger partial charge in [0, 0.05) is 12.7 Å². The Morgan fingerprint density at radius 3 is 2.71 bits per heavy atom. The van der Waals surface area contributed by atoms with Gasteiger partial charge >= 0.3 is 5.97 Å². The highest BCUT2D eigenvalue weighted by Crippen LogP contribution is 2.17. The Kier molecular flexibility index (Phi) is 3.51. The van der Waals surface area contributed by atoms with Crippen molar-refractivity contribution in [3.05, 3.63) is 29.3 Å². The molecule has 0 atom stereocenters. The summed E-state index contributed by atoms with van der Waals surface area (Å²) in [4.78, 5) is 11.2. The number of methoxy groups -OCH3 is 1. The van der Waals surface area contributed by atoms with Gasteiger partial charge in [-0.15, -0.1) is 0 Å². The predicted octanol–water partition coefficient (Wildman–Crippen LogP) is 2.08. The van der Waals surface area contributed by atoms with Crippen LogP contribution in [-0.2, 0) is 11.2 Å². The molecule has 3 heteroatoms.